The lowest BCUT2D eigenvalue weighted by atomic mass is 9.46. The Morgan fingerprint density at radius 1 is 1.24 bits per heavy atom. The molecule has 0 radical (unpaired) electrons. The maximum Gasteiger partial charge on any atom is 0.102 e. The van der Waals surface area contributed by atoms with E-state index in [1.54, 1.807) is 0 Å². The van der Waals surface area contributed by atoms with Crippen LogP contribution in [-0.2, 0) is 0 Å². The Morgan fingerprint density at radius 3 is 2.64 bits per heavy atom. The van der Waals surface area contributed by atoms with Crippen molar-refractivity contribution in [1.29, 1.82) is 0 Å². The first-order valence-electron chi connectivity index (χ1n) is 10.1. The lowest BCUT2D eigenvalue weighted by Gasteiger charge is -2.64. The summed E-state index contributed by atoms with van der Waals surface area (Å²) in [6, 6.07) is 0. The average Bonchev–Trinajstić information content (AvgIpc) is 2.83. The van der Waals surface area contributed by atoms with Crippen LogP contribution in [0.25, 0.3) is 0 Å². The van der Waals surface area contributed by atoms with Gasteiger partial charge in [0.2, 0.25) is 0 Å². The lowest BCUT2D eigenvalue weighted by Crippen LogP contribution is -2.67. The minimum absolute atomic E-state index is 0.0492. The molecule has 0 unspecified atom stereocenters. The van der Waals surface area contributed by atoms with E-state index in [0.29, 0.717) is 17.8 Å². The molecule has 2 nitrogen and oxygen atoms in total. The summed E-state index contributed by atoms with van der Waals surface area (Å²) in [5.41, 5.74) is 0.814. The van der Waals surface area contributed by atoms with Gasteiger partial charge in [-0.05, 0) is 54.4 Å². The summed E-state index contributed by atoms with van der Waals surface area (Å²) < 4.78 is 0. The molecule has 3 saturated carbocycles. The quantitative estimate of drug-likeness (QED) is 0.523. The van der Waals surface area contributed by atoms with Gasteiger partial charge in [-0.25, -0.2) is 0 Å². The first-order chi connectivity index (χ1) is 11.7. The van der Waals surface area contributed by atoms with Gasteiger partial charge in [-0.15, -0.1) is 11.6 Å². The molecule has 25 heavy (non-hydrogen) atoms. The van der Waals surface area contributed by atoms with Gasteiger partial charge >= 0.3 is 0 Å². The first kappa shape index (κ1) is 18.1. The van der Waals surface area contributed by atoms with Gasteiger partial charge in [0.1, 0.15) is 6.10 Å². The highest BCUT2D eigenvalue weighted by Crippen LogP contribution is 2.70. The lowest BCUT2D eigenvalue weighted by molar-refractivity contribution is -0.124. The highest BCUT2D eigenvalue weighted by molar-refractivity contribution is 6.25. The van der Waals surface area contributed by atoms with Crippen molar-refractivity contribution in [2.45, 2.75) is 76.9 Å². The molecule has 0 spiro atoms. The van der Waals surface area contributed by atoms with Crippen molar-refractivity contribution < 1.29 is 10.2 Å². The zero-order valence-electron chi connectivity index (χ0n) is 16.0. The van der Waals surface area contributed by atoms with E-state index in [9.17, 15) is 10.2 Å². The van der Waals surface area contributed by atoms with Crippen molar-refractivity contribution in [3.8, 4) is 0 Å². The molecule has 0 aliphatic heterocycles. The van der Waals surface area contributed by atoms with Gasteiger partial charge in [-0.3, -0.25) is 0 Å². The van der Waals surface area contributed by atoms with Crippen LogP contribution in [0.4, 0.5) is 0 Å². The third-order valence-corrected chi connectivity index (χ3v) is 9.67. The van der Waals surface area contributed by atoms with E-state index >= 15 is 0 Å². The second-order valence-electron chi connectivity index (χ2n) is 9.66. The predicted molar refractivity (Wildman–Crippen MR) is 102 cm³/mol. The zero-order valence-corrected chi connectivity index (χ0v) is 16.8. The number of aliphatic hydroxyl groups excluding tert-OH is 2. The topological polar surface area (TPSA) is 40.5 Å². The minimum atomic E-state index is -0.787. The highest BCUT2D eigenvalue weighted by Gasteiger charge is 2.69. The van der Waals surface area contributed by atoms with Crippen LogP contribution in [0.1, 0.15) is 59.8 Å². The SMILES string of the molecule is CC[C@@H]1[C@@H](C)C[C@H]2[C@@H]3[C@@H](O)[C@@H](O)C4=CCC=C[C@]4(C)[C@@]3(Cl)CC[C@]12C. The van der Waals surface area contributed by atoms with Gasteiger partial charge in [-0.2, -0.15) is 0 Å². The third kappa shape index (κ3) is 2.05. The van der Waals surface area contributed by atoms with E-state index in [1.165, 1.54) is 6.42 Å². The van der Waals surface area contributed by atoms with Crippen molar-refractivity contribution in [2.75, 3.05) is 0 Å². The van der Waals surface area contributed by atoms with Crippen LogP contribution in [0.5, 0.6) is 0 Å². The van der Waals surface area contributed by atoms with Crippen LogP contribution in [0.2, 0.25) is 0 Å². The maximum atomic E-state index is 11.2. The van der Waals surface area contributed by atoms with Crippen molar-refractivity contribution in [2.24, 2.45) is 34.5 Å². The summed E-state index contributed by atoms with van der Waals surface area (Å²) in [6.45, 7) is 9.28. The Kier molecular flexibility index (Phi) is 4.04. The largest absolute Gasteiger partial charge is 0.390 e. The summed E-state index contributed by atoms with van der Waals surface area (Å²) in [5, 5.41) is 22.2. The third-order valence-electron chi connectivity index (χ3n) is 8.83. The number of fused-ring (bicyclic) bond motifs is 5. The summed E-state index contributed by atoms with van der Waals surface area (Å²) in [6.07, 6.45) is 10.1. The number of allylic oxidation sites excluding steroid dienone is 3. The van der Waals surface area contributed by atoms with Gasteiger partial charge in [0, 0.05) is 11.3 Å². The first-order valence-corrected chi connectivity index (χ1v) is 10.5. The number of alkyl halides is 1. The Balaban J connectivity index is 1.84. The van der Waals surface area contributed by atoms with Gasteiger partial charge in [0.15, 0.2) is 0 Å². The fraction of sp³-hybridized carbons (Fsp3) is 0.818. The number of hydrogen-bond acceptors (Lipinski definition) is 2. The number of aliphatic hydroxyl groups is 2. The van der Waals surface area contributed by atoms with Crippen LogP contribution < -0.4 is 0 Å². The van der Waals surface area contributed by atoms with Gasteiger partial charge in [0.05, 0.1) is 11.0 Å². The summed E-state index contributed by atoms with van der Waals surface area (Å²) in [7, 11) is 0. The molecule has 4 rings (SSSR count). The summed E-state index contributed by atoms with van der Waals surface area (Å²) in [4.78, 5) is -0.499. The Hall–Kier alpha value is -0.310. The van der Waals surface area contributed by atoms with E-state index in [4.69, 9.17) is 11.6 Å². The van der Waals surface area contributed by atoms with Crippen molar-refractivity contribution in [1.82, 2.24) is 0 Å². The molecule has 4 aliphatic carbocycles. The normalized spacial score (nSPS) is 57.5. The number of rotatable bonds is 1. The van der Waals surface area contributed by atoms with E-state index in [2.05, 4.69) is 45.9 Å². The molecule has 3 heteroatoms. The van der Waals surface area contributed by atoms with Crippen LogP contribution in [-0.4, -0.2) is 27.3 Å². The van der Waals surface area contributed by atoms with E-state index in [0.717, 1.165) is 31.3 Å². The van der Waals surface area contributed by atoms with Crippen molar-refractivity contribution in [3.05, 3.63) is 23.8 Å². The molecule has 0 aromatic rings. The monoisotopic (exact) mass is 364 g/mol. The van der Waals surface area contributed by atoms with E-state index in [1.807, 2.05) is 0 Å². The Morgan fingerprint density at radius 2 is 1.96 bits per heavy atom. The Bertz CT molecular complexity index is 628. The minimum Gasteiger partial charge on any atom is -0.390 e. The molecule has 0 bridgehead atoms. The molecule has 0 heterocycles. The molecular formula is C22H33ClO2. The zero-order chi connectivity index (χ0) is 18.2. The van der Waals surface area contributed by atoms with Crippen LogP contribution in [0.3, 0.4) is 0 Å². The predicted octanol–water partition coefficient (Wildman–Crippen LogP) is 4.69. The fourth-order valence-electron chi connectivity index (χ4n) is 7.60. The second kappa shape index (κ2) is 5.59. The highest BCUT2D eigenvalue weighted by atomic mass is 35.5. The van der Waals surface area contributed by atoms with Crippen LogP contribution >= 0.6 is 11.6 Å². The molecule has 140 valence electrons. The average molecular weight is 365 g/mol. The number of hydrogen-bond donors (Lipinski definition) is 2. The number of halogens is 1. The van der Waals surface area contributed by atoms with Gasteiger partial charge < -0.3 is 10.2 Å². The molecular weight excluding hydrogens is 332 g/mol. The molecule has 9 atom stereocenters. The maximum absolute atomic E-state index is 11.2. The molecule has 0 saturated heterocycles. The second-order valence-corrected chi connectivity index (χ2v) is 10.3. The standard InChI is InChI=1S/C22H33ClO2/c1-5-14-13(2)12-16-17-19(25)18(24)15-8-6-7-9-21(15,4)22(17,23)11-10-20(14,16)3/h7-9,13-14,16-19,24-25H,5-6,10-12H2,1-4H3/t13-,14+,16-,17+,18-,19+,20+,21-,22+/m0/s1. The van der Waals surface area contributed by atoms with Gasteiger partial charge in [-0.1, -0.05) is 52.3 Å². The van der Waals surface area contributed by atoms with Gasteiger partial charge in [0.25, 0.3) is 0 Å². The van der Waals surface area contributed by atoms with E-state index in [-0.39, 0.29) is 16.7 Å². The molecule has 2 N–H and O–H groups in total. The molecule has 0 aromatic heterocycles. The molecule has 4 aliphatic rings. The fourth-order valence-corrected chi connectivity index (χ4v) is 8.15. The summed E-state index contributed by atoms with van der Waals surface area (Å²) in [5.74, 6) is 1.69. The van der Waals surface area contributed by atoms with Crippen LogP contribution in [0.15, 0.2) is 23.8 Å². The molecule has 3 fully saturated rings. The van der Waals surface area contributed by atoms with Crippen molar-refractivity contribution in [3.63, 3.8) is 0 Å². The van der Waals surface area contributed by atoms with E-state index < -0.39 is 17.1 Å². The van der Waals surface area contributed by atoms with Crippen molar-refractivity contribution >= 4 is 11.6 Å². The molecule has 0 amide bonds. The summed E-state index contributed by atoms with van der Waals surface area (Å²) >= 11 is 7.46. The van der Waals surface area contributed by atoms with Crippen LogP contribution in [0, 0.1) is 34.5 Å². The molecule has 0 aromatic carbocycles. The smallest absolute Gasteiger partial charge is 0.102 e. The Labute approximate surface area is 157 Å².